The van der Waals surface area contributed by atoms with Gasteiger partial charge in [0, 0.05) is 15.4 Å². The van der Waals surface area contributed by atoms with Gasteiger partial charge in [0.25, 0.3) is 0 Å². The molecule has 1 unspecified atom stereocenters. The predicted octanol–water partition coefficient (Wildman–Crippen LogP) is 6.51. The summed E-state index contributed by atoms with van der Waals surface area (Å²) in [6.45, 7) is 0.886. The van der Waals surface area contributed by atoms with Gasteiger partial charge in [-0.15, -0.1) is 0 Å². The summed E-state index contributed by atoms with van der Waals surface area (Å²) in [5.74, 6) is 0.562. The van der Waals surface area contributed by atoms with Crippen LogP contribution in [0.15, 0.2) is 46.9 Å². The molecule has 2 aromatic carbocycles. The standard InChI is InChI=1S/C21H22BrClO/c22-19-7-8-20(23)17(12-19)11-15-3-5-16(6-4-15)18-13-21(24-14-18)9-1-2-10-21/h3-8,12,18H,1-2,9-11,13-14H2. The van der Waals surface area contributed by atoms with Crippen molar-refractivity contribution in [2.24, 2.45) is 0 Å². The van der Waals surface area contributed by atoms with E-state index >= 15 is 0 Å². The lowest BCUT2D eigenvalue weighted by Crippen LogP contribution is -2.22. The van der Waals surface area contributed by atoms with Gasteiger partial charge in [0.1, 0.15) is 0 Å². The number of benzene rings is 2. The summed E-state index contributed by atoms with van der Waals surface area (Å²) in [5, 5.41) is 0.828. The van der Waals surface area contributed by atoms with Crippen molar-refractivity contribution < 1.29 is 4.74 Å². The molecule has 0 N–H and O–H groups in total. The zero-order valence-corrected chi connectivity index (χ0v) is 16.1. The third-order valence-corrected chi connectivity index (χ3v) is 6.44. The Morgan fingerprint density at radius 2 is 1.83 bits per heavy atom. The average Bonchev–Trinajstić information content (AvgIpc) is 3.22. The summed E-state index contributed by atoms with van der Waals surface area (Å²) >= 11 is 9.84. The number of hydrogen-bond donors (Lipinski definition) is 0. The molecule has 1 saturated carbocycles. The fourth-order valence-corrected chi connectivity index (χ4v) is 4.83. The Morgan fingerprint density at radius 3 is 2.58 bits per heavy atom. The molecular formula is C21H22BrClO. The maximum absolute atomic E-state index is 6.31. The van der Waals surface area contributed by atoms with E-state index in [4.69, 9.17) is 16.3 Å². The van der Waals surface area contributed by atoms with Crippen LogP contribution in [0.25, 0.3) is 0 Å². The van der Waals surface area contributed by atoms with Crippen molar-refractivity contribution in [2.75, 3.05) is 6.61 Å². The van der Waals surface area contributed by atoms with E-state index in [9.17, 15) is 0 Å². The Labute approximate surface area is 157 Å². The first kappa shape index (κ1) is 16.6. The minimum Gasteiger partial charge on any atom is -0.374 e. The quantitative estimate of drug-likeness (QED) is 0.565. The molecule has 0 aromatic heterocycles. The second-order valence-electron chi connectivity index (χ2n) is 7.26. The molecule has 1 aliphatic heterocycles. The van der Waals surface area contributed by atoms with Gasteiger partial charge in [-0.3, -0.25) is 0 Å². The van der Waals surface area contributed by atoms with Crippen LogP contribution in [0.3, 0.4) is 0 Å². The minimum absolute atomic E-state index is 0.202. The molecule has 24 heavy (non-hydrogen) atoms. The molecule has 1 aliphatic carbocycles. The van der Waals surface area contributed by atoms with Crippen molar-refractivity contribution in [3.63, 3.8) is 0 Å². The van der Waals surface area contributed by atoms with E-state index in [0.717, 1.165) is 28.1 Å². The van der Waals surface area contributed by atoms with E-state index in [1.165, 1.54) is 43.2 Å². The number of ether oxygens (including phenoxy) is 1. The summed E-state index contributed by atoms with van der Waals surface area (Å²) < 4.78 is 7.27. The van der Waals surface area contributed by atoms with Crippen LogP contribution in [0.2, 0.25) is 5.02 Å². The molecule has 1 saturated heterocycles. The second kappa shape index (κ2) is 6.82. The van der Waals surface area contributed by atoms with Crippen LogP contribution in [0, 0.1) is 0 Å². The van der Waals surface area contributed by atoms with Gasteiger partial charge in [-0.2, -0.15) is 0 Å². The maximum Gasteiger partial charge on any atom is 0.0689 e. The van der Waals surface area contributed by atoms with E-state index in [1.54, 1.807) is 0 Å². The first-order valence-electron chi connectivity index (χ1n) is 8.80. The topological polar surface area (TPSA) is 9.23 Å². The maximum atomic E-state index is 6.31. The molecule has 1 nitrogen and oxygen atoms in total. The number of halogens is 2. The zero-order chi connectivity index (χ0) is 16.6. The van der Waals surface area contributed by atoms with Gasteiger partial charge in [-0.1, -0.05) is 64.6 Å². The highest BCUT2D eigenvalue weighted by Gasteiger charge is 2.42. The van der Waals surface area contributed by atoms with Crippen molar-refractivity contribution >= 4 is 27.5 Å². The predicted molar refractivity (Wildman–Crippen MR) is 103 cm³/mol. The van der Waals surface area contributed by atoms with Crippen molar-refractivity contribution in [1.29, 1.82) is 0 Å². The van der Waals surface area contributed by atoms with Gasteiger partial charge in [-0.25, -0.2) is 0 Å². The van der Waals surface area contributed by atoms with Crippen LogP contribution in [-0.2, 0) is 11.2 Å². The third-order valence-electron chi connectivity index (χ3n) is 5.58. The fourth-order valence-electron chi connectivity index (χ4n) is 4.23. The van der Waals surface area contributed by atoms with E-state index in [0.29, 0.717) is 5.92 Å². The molecule has 0 bridgehead atoms. The molecule has 4 rings (SSSR count). The summed E-state index contributed by atoms with van der Waals surface area (Å²) in [6.07, 6.45) is 7.23. The molecule has 1 atom stereocenters. The zero-order valence-electron chi connectivity index (χ0n) is 13.7. The minimum atomic E-state index is 0.202. The lowest BCUT2D eigenvalue weighted by Gasteiger charge is -2.21. The van der Waals surface area contributed by atoms with Crippen LogP contribution in [-0.4, -0.2) is 12.2 Å². The molecule has 2 aliphatic rings. The van der Waals surface area contributed by atoms with Crippen LogP contribution in [0.4, 0.5) is 0 Å². The Bertz CT molecular complexity index is 719. The Kier molecular flexibility index (Phi) is 4.73. The van der Waals surface area contributed by atoms with E-state index in [-0.39, 0.29) is 5.60 Å². The van der Waals surface area contributed by atoms with Crippen molar-refractivity contribution in [3.05, 3.63) is 68.7 Å². The molecule has 2 aromatic rings. The molecular weight excluding hydrogens is 384 g/mol. The summed E-state index contributed by atoms with van der Waals surface area (Å²) in [7, 11) is 0. The summed E-state index contributed by atoms with van der Waals surface area (Å²) in [4.78, 5) is 0. The molecule has 3 heteroatoms. The number of rotatable bonds is 3. The van der Waals surface area contributed by atoms with Gasteiger partial charge in [-0.05, 0) is 60.6 Å². The van der Waals surface area contributed by atoms with Gasteiger partial charge in [0.05, 0.1) is 12.2 Å². The largest absolute Gasteiger partial charge is 0.374 e. The van der Waals surface area contributed by atoms with Gasteiger partial charge in [0.15, 0.2) is 0 Å². The lowest BCUT2D eigenvalue weighted by atomic mass is 9.88. The smallest absolute Gasteiger partial charge is 0.0689 e. The van der Waals surface area contributed by atoms with Gasteiger partial charge in [0.2, 0.25) is 0 Å². The van der Waals surface area contributed by atoms with Crippen LogP contribution >= 0.6 is 27.5 Å². The Hall–Kier alpha value is -0.830. The lowest BCUT2D eigenvalue weighted by molar-refractivity contribution is 0.0101. The highest BCUT2D eigenvalue weighted by Crippen LogP contribution is 2.46. The van der Waals surface area contributed by atoms with Crippen molar-refractivity contribution in [3.8, 4) is 0 Å². The van der Waals surface area contributed by atoms with Gasteiger partial charge >= 0.3 is 0 Å². The SMILES string of the molecule is Clc1ccc(Br)cc1Cc1ccc(C2COC3(CCCC3)C2)cc1. The number of hydrogen-bond acceptors (Lipinski definition) is 1. The van der Waals surface area contributed by atoms with Crippen LogP contribution in [0.5, 0.6) is 0 Å². The summed E-state index contributed by atoms with van der Waals surface area (Å²) in [5.41, 5.74) is 4.08. The van der Waals surface area contributed by atoms with Gasteiger partial charge < -0.3 is 4.74 Å². The molecule has 1 heterocycles. The molecule has 1 spiro atoms. The first-order valence-corrected chi connectivity index (χ1v) is 9.97. The molecule has 126 valence electrons. The van der Waals surface area contributed by atoms with E-state index in [1.807, 2.05) is 12.1 Å². The highest BCUT2D eigenvalue weighted by atomic mass is 79.9. The normalized spacial score (nSPS) is 22.3. The monoisotopic (exact) mass is 404 g/mol. The fraction of sp³-hybridized carbons (Fsp3) is 0.429. The molecule has 0 radical (unpaired) electrons. The van der Waals surface area contributed by atoms with Crippen LogP contribution in [0.1, 0.15) is 54.7 Å². The van der Waals surface area contributed by atoms with Crippen LogP contribution < -0.4 is 0 Å². The van der Waals surface area contributed by atoms with Crippen molar-refractivity contribution in [1.82, 2.24) is 0 Å². The average molecular weight is 406 g/mol. The third kappa shape index (κ3) is 3.42. The Morgan fingerprint density at radius 1 is 1.08 bits per heavy atom. The first-order chi connectivity index (χ1) is 11.6. The van der Waals surface area contributed by atoms with E-state index < -0.39 is 0 Å². The molecule has 0 amide bonds. The van der Waals surface area contributed by atoms with E-state index in [2.05, 4.69) is 46.3 Å². The van der Waals surface area contributed by atoms with Crippen molar-refractivity contribution in [2.45, 2.75) is 50.0 Å². The summed E-state index contributed by atoms with van der Waals surface area (Å²) in [6, 6.07) is 15.1. The second-order valence-corrected chi connectivity index (χ2v) is 8.58. The molecule has 2 fully saturated rings. The highest BCUT2D eigenvalue weighted by molar-refractivity contribution is 9.10. The Balaban J connectivity index is 1.46.